The standard InChI is InChI=1S/C17H17N5O5S/c1-20-14-13(15(24)22(3)17(25)21(14)2)19-16(20)28-7-12(23)18-9-4-5-10-11(6-9)27-8-26-10/h4-6,13H,7-8H2,1-3H3/p+1. The summed E-state index contributed by atoms with van der Waals surface area (Å²) in [7, 11) is 4.75. The van der Waals surface area contributed by atoms with Crippen LogP contribution in [-0.2, 0) is 9.59 Å². The number of nitrogens with one attached hydrogen (secondary N) is 1. The molecule has 0 aliphatic carbocycles. The summed E-state index contributed by atoms with van der Waals surface area (Å²) in [6.07, 6.45) is 0. The molecule has 3 aliphatic heterocycles. The third-order valence-electron chi connectivity index (χ3n) is 4.59. The second-order valence-electron chi connectivity index (χ2n) is 6.38. The highest BCUT2D eigenvalue weighted by molar-refractivity contribution is 8.14. The van der Waals surface area contributed by atoms with E-state index in [1.807, 2.05) is 0 Å². The van der Waals surface area contributed by atoms with Crippen LogP contribution in [0.2, 0.25) is 0 Å². The summed E-state index contributed by atoms with van der Waals surface area (Å²) in [6, 6.07) is 3.98. The van der Waals surface area contributed by atoms with E-state index in [4.69, 9.17) is 9.47 Å². The lowest BCUT2D eigenvalue weighted by atomic mass is 10.2. The van der Waals surface area contributed by atoms with Gasteiger partial charge in [0, 0.05) is 18.8 Å². The number of benzene rings is 1. The zero-order valence-electron chi connectivity index (χ0n) is 15.5. The van der Waals surface area contributed by atoms with Crippen molar-refractivity contribution in [3.05, 3.63) is 18.2 Å². The van der Waals surface area contributed by atoms with E-state index >= 15 is 0 Å². The Bertz CT molecular complexity index is 959. The fourth-order valence-electron chi connectivity index (χ4n) is 3.15. The number of amides is 4. The molecule has 4 amide bonds. The summed E-state index contributed by atoms with van der Waals surface area (Å²) in [4.78, 5) is 43.6. The highest BCUT2D eigenvalue weighted by Gasteiger charge is 2.51. The minimum absolute atomic E-state index is 0.0965. The van der Waals surface area contributed by atoms with E-state index in [2.05, 4.69) is 10.3 Å². The molecule has 146 valence electrons. The van der Waals surface area contributed by atoms with Crippen LogP contribution in [0, 0.1) is 0 Å². The summed E-state index contributed by atoms with van der Waals surface area (Å²) < 4.78 is 12.2. The molecule has 1 saturated heterocycles. The number of anilines is 1. The quantitative estimate of drug-likeness (QED) is 0.731. The number of amidine groups is 2. The van der Waals surface area contributed by atoms with Crippen LogP contribution >= 0.6 is 11.8 Å². The monoisotopic (exact) mass is 404 g/mol. The number of aliphatic imine (C=N–C) groups is 1. The van der Waals surface area contributed by atoms with Crippen molar-refractivity contribution in [2.45, 2.75) is 6.04 Å². The van der Waals surface area contributed by atoms with E-state index in [0.717, 1.165) is 4.90 Å². The number of likely N-dealkylation sites (N-methyl/N-ethyl adjacent to an activating group) is 2. The molecular formula is C17H18N5O5S+. The van der Waals surface area contributed by atoms with E-state index < -0.39 is 12.1 Å². The topological polar surface area (TPSA) is 104 Å². The maximum absolute atomic E-state index is 12.3. The van der Waals surface area contributed by atoms with Gasteiger partial charge in [-0.2, -0.15) is 0 Å². The summed E-state index contributed by atoms with van der Waals surface area (Å²) in [5.74, 6) is 1.20. The Balaban J connectivity index is 1.42. The number of hydrogen-bond donors (Lipinski definition) is 1. The molecule has 4 rings (SSSR count). The number of carbonyl (C=O) groups is 3. The van der Waals surface area contributed by atoms with Crippen LogP contribution in [0.4, 0.5) is 10.5 Å². The number of thioether (sulfide) groups is 1. The van der Waals surface area contributed by atoms with Gasteiger partial charge in [-0.25, -0.2) is 14.3 Å². The van der Waals surface area contributed by atoms with Crippen molar-refractivity contribution in [1.82, 2.24) is 9.80 Å². The largest absolute Gasteiger partial charge is 0.454 e. The molecule has 0 aromatic heterocycles. The zero-order valence-corrected chi connectivity index (χ0v) is 16.3. The lowest BCUT2D eigenvalue weighted by Crippen LogP contribution is -2.59. The number of ether oxygens (including phenoxy) is 2. The van der Waals surface area contributed by atoms with Gasteiger partial charge in [0.1, 0.15) is 0 Å². The predicted octanol–water partition coefficient (Wildman–Crippen LogP) is 0.390. The molecule has 0 saturated carbocycles. The third kappa shape index (κ3) is 2.97. The number of imide groups is 1. The van der Waals surface area contributed by atoms with Gasteiger partial charge in [-0.3, -0.25) is 14.5 Å². The molecule has 10 nitrogen and oxygen atoms in total. The van der Waals surface area contributed by atoms with E-state index in [1.165, 1.54) is 23.7 Å². The molecule has 1 fully saturated rings. The zero-order chi connectivity index (χ0) is 20.0. The van der Waals surface area contributed by atoms with Gasteiger partial charge in [0.2, 0.25) is 12.7 Å². The van der Waals surface area contributed by atoms with Gasteiger partial charge in [-0.1, -0.05) is 0 Å². The van der Waals surface area contributed by atoms with Gasteiger partial charge in [-0.15, -0.1) is 4.99 Å². The number of fused-ring (bicyclic) bond motifs is 2. The fourth-order valence-corrected chi connectivity index (χ4v) is 3.95. The van der Waals surface area contributed by atoms with Crippen molar-refractivity contribution < 1.29 is 28.4 Å². The minimum atomic E-state index is -0.767. The molecular weight excluding hydrogens is 386 g/mol. The third-order valence-corrected chi connectivity index (χ3v) is 5.63. The Morgan fingerprint density at radius 1 is 1.29 bits per heavy atom. The molecule has 0 radical (unpaired) electrons. The molecule has 28 heavy (non-hydrogen) atoms. The summed E-state index contributed by atoms with van der Waals surface area (Å²) in [5, 5.41) is 3.29. The van der Waals surface area contributed by atoms with Crippen LogP contribution in [0.3, 0.4) is 0 Å². The van der Waals surface area contributed by atoms with Crippen LogP contribution in [0.25, 0.3) is 0 Å². The van der Waals surface area contributed by atoms with E-state index in [9.17, 15) is 14.4 Å². The van der Waals surface area contributed by atoms with Gasteiger partial charge in [0.25, 0.3) is 23.0 Å². The Morgan fingerprint density at radius 3 is 2.82 bits per heavy atom. The first kappa shape index (κ1) is 18.3. The average Bonchev–Trinajstić information content (AvgIpc) is 3.27. The summed E-state index contributed by atoms with van der Waals surface area (Å²) in [5.41, 5.74) is 0.599. The number of carbonyl (C=O) groups excluding carboxylic acids is 3. The van der Waals surface area contributed by atoms with Gasteiger partial charge in [-0.05, 0) is 23.9 Å². The number of rotatable bonds is 3. The van der Waals surface area contributed by atoms with Crippen LogP contribution in [-0.4, -0.2) is 83.0 Å². The number of hydrogen-bond acceptors (Lipinski definition) is 7. The average molecular weight is 404 g/mol. The van der Waals surface area contributed by atoms with E-state index in [1.54, 1.807) is 36.9 Å². The molecule has 0 spiro atoms. The van der Waals surface area contributed by atoms with Gasteiger partial charge >= 0.3 is 6.03 Å². The van der Waals surface area contributed by atoms with Crippen molar-refractivity contribution in [2.24, 2.45) is 4.99 Å². The first-order valence-electron chi connectivity index (χ1n) is 8.42. The number of nitrogens with zero attached hydrogens (tertiary/aromatic N) is 4. The molecule has 1 aromatic carbocycles. The Kier molecular flexibility index (Phi) is 4.46. The normalized spacial score (nSPS) is 20.5. The summed E-state index contributed by atoms with van der Waals surface area (Å²) >= 11 is 1.20. The molecule has 1 unspecified atom stereocenters. The molecule has 1 atom stereocenters. The number of urea groups is 1. The van der Waals surface area contributed by atoms with Gasteiger partial charge < -0.3 is 14.8 Å². The maximum Gasteiger partial charge on any atom is 0.388 e. The molecule has 3 heterocycles. The highest BCUT2D eigenvalue weighted by Crippen LogP contribution is 2.34. The second-order valence-corrected chi connectivity index (χ2v) is 7.32. The fraction of sp³-hybridized carbons (Fsp3) is 0.353. The minimum Gasteiger partial charge on any atom is -0.454 e. The van der Waals surface area contributed by atoms with E-state index in [0.29, 0.717) is 28.2 Å². The van der Waals surface area contributed by atoms with E-state index in [-0.39, 0.29) is 24.4 Å². The highest BCUT2D eigenvalue weighted by atomic mass is 32.2. The molecule has 1 aromatic rings. The van der Waals surface area contributed by atoms with Crippen molar-refractivity contribution in [1.29, 1.82) is 0 Å². The first-order valence-corrected chi connectivity index (χ1v) is 9.41. The SMILES string of the molecule is CN1C(=O)C2N=C(SCC(=O)Nc3ccc4c(c3)OCO4)[N+](C)=C2N(C)C1=O. The van der Waals surface area contributed by atoms with Gasteiger partial charge in [0.15, 0.2) is 11.5 Å². The lowest BCUT2D eigenvalue weighted by Gasteiger charge is -2.27. The van der Waals surface area contributed by atoms with Gasteiger partial charge in [0.05, 0.1) is 19.8 Å². The Labute approximate surface area is 164 Å². The van der Waals surface area contributed by atoms with Crippen molar-refractivity contribution in [2.75, 3.05) is 39.0 Å². The van der Waals surface area contributed by atoms with Crippen LogP contribution in [0.1, 0.15) is 0 Å². The molecule has 0 bridgehead atoms. The predicted molar refractivity (Wildman–Crippen MR) is 102 cm³/mol. The smallest absolute Gasteiger partial charge is 0.388 e. The van der Waals surface area contributed by atoms with Crippen LogP contribution in [0.5, 0.6) is 11.5 Å². The Morgan fingerprint density at radius 2 is 2.04 bits per heavy atom. The molecule has 1 N–H and O–H groups in total. The van der Waals surface area contributed by atoms with Crippen LogP contribution < -0.4 is 14.8 Å². The van der Waals surface area contributed by atoms with Crippen molar-refractivity contribution in [3.8, 4) is 11.5 Å². The summed E-state index contributed by atoms with van der Waals surface area (Å²) in [6.45, 7) is 0.166. The second kappa shape index (κ2) is 6.82. The Hall–Kier alpha value is -3.08. The van der Waals surface area contributed by atoms with Crippen LogP contribution in [0.15, 0.2) is 23.2 Å². The molecule has 11 heteroatoms. The van der Waals surface area contributed by atoms with Crippen molar-refractivity contribution in [3.63, 3.8) is 0 Å². The molecule has 3 aliphatic rings. The van der Waals surface area contributed by atoms with Crippen molar-refractivity contribution >= 4 is 46.3 Å². The maximum atomic E-state index is 12.3. The lowest BCUT2D eigenvalue weighted by molar-refractivity contribution is -0.367. The first-order chi connectivity index (χ1) is 13.4.